The molecule has 0 aromatic heterocycles. The summed E-state index contributed by atoms with van der Waals surface area (Å²) in [5.74, 6) is 0.887. The molecule has 1 aliphatic heterocycles. The van der Waals surface area contributed by atoms with Gasteiger partial charge in [-0.2, -0.15) is 0 Å². The van der Waals surface area contributed by atoms with Crippen LogP contribution in [0.25, 0.3) is 0 Å². The minimum atomic E-state index is 0.549. The van der Waals surface area contributed by atoms with Crippen LogP contribution in [-0.4, -0.2) is 32.3 Å². The number of rotatable bonds is 4. The summed E-state index contributed by atoms with van der Waals surface area (Å²) in [4.78, 5) is 2.45. The van der Waals surface area contributed by atoms with Crippen molar-refractivity contribution in [1.82, 2.24) is 5.32 Å². The molecule has 1 aliphatic rings. The number of halogens is 1. The van der Waals surface area contributed by atoms with E-state index in [9.17, 15) is 0 Å². The molecule has 4 heteroatoms. The van der Waals surface area contributed by atoms with Gasteiger partial charge in [-0.25, -0.2) is 0 Å². The first-order chi connectivity index (χ1) is 9.10. The topological polar surface area (TPSA) is 24.5 Å². The van der Waals surface area contributed by atoms with Gasteiger partial charge >= 0.3 is 0 Å². The van der Waals surface area contributed by atoms with Crippen molar-refractivity contribution in [1.29, 1.82) is 0 Å². The zero-order valence-electron chi connectivity index (χ0n) is 11.9. The normalized spacial score (nSPS) is 19.8. The largest absolute Gasteiger partial charge is 0.496 e. The number of benzene rings is 1. The molecule has 2 rings (SSSR count). The maximum Gasteiger partial charge on any atom is 0.133 e. The second-order valence-corrected chi connectivity index (χ2v) is 6.28. The summed E-state index contributed by atoms with van der Waals surface area (Å²) in [6.07, 6.45) is 2.51. The highest BCUT2D eigenvalue weighted by Crippen LogP contribution is 2.30. The van der Waals surface area contributed by atoms with Gasteiger partial charge in [-0.1, -0.05) is 13.8 Å². The van der Waals surface area contributed by atoms with Crippen molar-refractivity contribution >= 4 is 21.6 Å². The lowest BCUT2D eigenvalue weighted by atomic mass is 10.0. The quantitative estimate of drug-likeness (QED) is 0.917. The van der Waals surface area contributed by atoms with Gasteiger partial charge in [-0.15, -0.1) is 0 Å². The molecule has 19 heavy (non-hydrogen) atoms. The molecule has 1 atom stereocenters. The summed E-state index contributed by atoms with van der Waals surface area (Å²) in [6.45, 7) is 6.64. The molecule has 1 fully saturated rings. The Hall–Kier alpha value is -0.740. The highest BCUT2D eigenvalue weighted by molar-refractivity contribution is 9.10. The molecule has 0 spiro atoms. The van der Waals surface area contributed by atoms with E-state index in [1.807, 2.05) is 6.07 Å². The third-order valence-corrected chi connectivity index (χ3v) is 4.11. The van der Waals surface area contributed by atoms with Crippen LogP contribution in [0.2, 0.25) is 0 Å². The number of hydrogen-bond donors (Lipinski definition) is 1. The summed E-state index contributed by atoms with van der Waals surface area (Å²) in [5.41, 5.74) is 1.27. The Morgan fingerprint density at radius 2 is 2.21 bits per heavy atom. The Morgan fingerprint density at radius 3 is 2.84 bits per heavy atom. The molecule has 1 saturated heterocycles. The first kappa shape index (κ1) is 14.7. The number of nitrogens with zero attached hydrogens (tertiary/aromatic N) is 1. The van der Waals surface area contributed by atoms with Crippen molar-refractivity contribution in [3.8, 4) is 5.75 Å². The van der Waals surface area contributed by atoms with E-state index in [4.69, 9.17) is 4.74 Å². The summed E-state index contributed by atoms with van der Waals surface area (Å²) < 4.78 is 6.30. The monoisotopic (exact) mass is 326 g/mol. The van der Waals surface area contributed by atoms with Crippen LogP contribution in [-0.2, 0) is 0 Å². The maximum absolute atomic E-state index is 5.28. The van der Waals surface area contributed by atoms with E-state index in [0.29, 0.717) is 12.1 Å². The van der Waals surface area contributed by atoms with Gasteiger partial charge in [0.2, 0.25) is 0 Å². The van der Waals surface area contributed by atoms with Crippen LogP contribution in [0.4, 0.5) is 5.69 Å². The van der Waals surface area contributed by atoms with E-state index < -0.39 is 0 Å². The van der Waals surface area contributed by atoms with E-state index in [0.717, 1.165) is 23.3 Å². The SMILES string of the molecule is COc1ccc(N2CCCC(NC(C)C)C2)cc1Br. The van der Waals surface area contributed by atoms with Crippen LogP contribution in [0, 0.1) is 0 Å². The lowest BCUT2D eigenvalue weighted by Crippen LogP contribution is -2.47. The fourth-order valence-electron chi connectivity index (χ4n) is 2.67. The Kier molecular flexibility index (Phi) is 5.11. The highest BCUT2D eigenvalue weighted by Gasteiger charge is 2.20. The molecule has 3 nitrogen and oxygen atoms in total. The lowest BCUT2D eigenvalue weighted by Gasteiger charge is -2.36. The smallest absolute Gasteiger partial charge is 0.133 e. The van der Waals surface area contributed by atoms with E-state index >= 15 is 0 Å². The van der Waals surface area contributed by atoms with Crippen LogP contribution in [0.1, 0.15) is 26.7 Å². The molecular weight excluding hydrogens is 304 g/mol. The lowest BCUT2D eigenvalue weighted by molar-refractivity contribution is 0.394. The van der Waals surface area contributed by atoms with E-state index in [-0.39, 0.29) is 0 Å². The van der Waals surface area contributed by atoms with E-state index in [1.165, 1.54) is 18.5 Å². The third-order valence-electron chi connectivity index (χ3n) is 3.49. The van der Waals surface area contributed by atoms with Crippen molar-refractivity contribution in [2.45, 2.75) is 38.8 Å². The second-order valence-electron chi connectivity index (χ2n) is 5.43. The zero-order valence-corrected chi connectivity index (χ0v) is 13.5. The Labute approximate surface area is 124 Å². The van der Waals surface area contributed by atoms with Gasteiger partial charge in [-0.3, -0.25) is 0 Å². The molecule has 0 saturated carbocycles. The molecule has 0 bridgehead atoms. The molecule has 0 aliphatic carbocycles. The van der Waals surface area contributed by atoms with Crippen LogP contribution < -0.4 is 15.0 Å². The zero-order chi connectivity index (χ0) is 13.8. The molecular formula is C15H23BrN2O. The Bertz CT molecular complexity index is 423. The molecule has 1 aromatic carbocycles. The Balaban J connectivity index is 2.06. The van der Waals surface area contributed by atoms with Crippen molar-refractivity contribution in [2.75, 3.05) is 25.1 Å². The van der Waals surface area contributed by atoms with Gasteiger partial charge < -0.3 is 15.0 Å². The standard InChI is InChI=1S/C15H23BrN2O/c1-11(2)17-12-5-4-8-18(10-12)13-6-7-15(19-3)14(16)9-13/h6-7,9,11-12,17H,4-5,8,10H2,1-3H3. The minimum absolute atomic E-state index is 0.549. The average molecular weight is 327 g/mol. The summed E-state index contributed by atoms with van der Waals surface area (Å²) in [5, 5.41) is 3.64. The number of hydrogen-bond acceptors (Lipinski definition) is 3. The van der Waals surface area contributed by atoms with Gasteiger partial charge in [0.25, 0.3) is 0 Å². The molecule has 0 radical (unpaired) electrons. The number of methoxy groups -OCH3 is 1. The number of nitrogens with one attached hydrogen (secondary N) is 1. The van der Waals surface area contributed by atoms with Gasteiger partial charge in [0.15, 0.2) is 0 Å². The van der Waals surface area contributed by atoms with Crippen LogP contribution in [0.5, 0.6) is 5.75 Å². The predicted molar refractivity (Wildman–Crippen MR) is 84.2 cm³/mol. The predicted octanol–water partition coefficient (Wildman–Crippen LogP) is 3.42. The number of ether oxygens (including phenoxy) is 1. The van der Waals surface area contributed by atoms with E-state index in [2.05, 4.69) is 52.1 Å². The molecule has 1 N–H and O–H groups in total. The van der Waals surface area contributed by atoms with Gasteiger partial charge in [0.05, 0.1) is 11.6 Å². The second kappa shape index (κ2) is 6.62. The summed E-state index contributed by atoms with van der Waals surface area (Å²) in [6, 6.07) is 7.46. The van der Waals surface area contributed by atoms with Crippen molar-refractivity contribution in [3.63, 3.8) is 0 Å². The maximum atomic E-state index is 5.28. The molecule has 1 unspecified atom stereocenters. The van der Waals surface area contributed by atoms with Crippen molar-refractivity contribution in [3.05, 3.63) is 22.7 Å². The minimum Gasteiger partial charge on any atom is -0.496 e. The first-order valence-electron chi connectivity index (χ1n) is 6.94. The highest BCUT2D eigenvalue weighted by atomic mass is 79.9. The molecule has 106 valence electrons. The van der Waals surface area contributed by atoms with Crippen LogP contribution in [0.15, 0.2) is 22.7 Å². The number of anilines is 1. The van der Waals surface area contributed by atoms with Gasteiger partial charge in [0, 0.05) is 30.9 Å². The molecule has 1 aromatic rings. The van der Waals surface area contributed by atoms with E-state index in [1.54, 1.807) is 7.11 Å². The fraction of sp³-hybridized carbons (Fsp3) is 0.600. The fourth-order valence-corrected chi connectivity index (χ4v) is 3.20. The third kappa shape index (κ3) is 3.86. The summed E-state index contributed by atoms with van der Waals surface area (Å²) >= 11 is 3.56. The van der Waals surface area contributed by atoms with Crippen LogP contribution >= 0.6 is 15.9 Å². The van der Waals surface area contributed by atoms with Crippen molar-refractivity contribution in [2.24, 2.45) is 0 Å². The van der Waals surface area contributed by atoms with Crippen molar-refractivity contribution < 1.29 is 4.74 Å². The average Bonchev–Trinajstić information content (AvgIpc) is 2.38. The van der Waals surface area contributed by atoms with Gasteiger partial charge in [0.1, 0.15) is 5.75 Å². The number of piperidine rings is 1. The first-order valence-corrected chi connectivity index (χ1v) is 7.74. The van der Waals surface area contributed by atoms with Gasteiger partial charge in [-0.05, 0) is 47.0 Å². The summed E-state index contributed by atoms with van der Waals surface area (Å²) in [7, 11) is 1.70. The Morgan fingerprint density at radius 1 is 1.42 bits per heavy atom. The molecule has 0 amide bonds. The van der Waals surface area contributed by atoms with Crippen LogP contribution in [0.3, 0.4) is 0 Å². The molecule has 1 heterocycles.